The van der Waals surface area contributed by atoms with Crippen LogP contribution in [0.2, 0.25) is 0 Å². The van der Waals surface area contributed by atoms with Crippen molar-refractivity contribution >= 4 is 21.6 Å². The van der Waals surface area contributed by atoms with Gasteiger partial charge < -0.3 is 4.74 Å². The van der Waals surface area contributed by atoms with Crippen molar-refractivity contribution in [3.8, 4) is 0 Å². The molecule has 4 unspecified atom stereocenters. The van der Waals surface area contributed by atoms with Crippen molar-refractivity contribution in [1.82, 2.24) is 10.6 Å². The lowest BCUT2D eigenvalue weighted by Gasteiger charge is -2.42. The molecule has 0 aromatic heterocycles. The summed E-state index contributed by atoms with van der Waals surface area (Å²) in [6.07, 6.45) is 10.4. The van der Waals surface area contributed by atoms with Gasteiger partial charge in [0.05, 0.1) is 17.5 Å². The van der Waals surface area contributed by atoms with Gasteiger partial charge in [-0.1, -0.05) is 0 Å². The first-order valence-electron chi connectivity index (χ1n) is 9.80. The molecular weight excluding hydrogens is 356 g/mol. The Bertz CT molecular complexity index is 514. The second-order valence-corrected chi connectivity index (χ2v) is 11.7. The van der Waals surface area contributed by atoms with Crippen LogP contribution >= 0.6 is 11.8 Å². The molecule has 2 N–H and O–H groups in total. The third-order valence-electron chi connectivity index (χ3n) is 6.31. The van der Waals surface area contributed by atoms with Crippen LogP contribution in [0.1, 0.15) is 51.4 Å². The minimum atomic E-state index is -2.88. The van der Waals surface area contributed by atoms with Crippen molar-refractivity contribution in [2.45, 2.75) is 80.2 Å². The average molecular weight is 391 g/mol. The number of thioether (sulfide) groups is 1. The maximum Gasteiger partial charge on any atom is 0.150 e. The normalized spacial score (nSPS) is 40.2. The Kier molecular flexibility index (Phi) is 7.10. The van der Waals surface area contributed by atoms with E-state index in [1.807, 2.05) is 7.11 Å². The second-order valence-electron chi connectivity index (χ2n) is 8.01. The van der Waals surface area contributed by atoms with Gasteiger partial charge in [-0.2, -0.15) is 11.8 Å². The maximum absolute atomic E-state index is 11.8. The predicted molar refractivity (Wildman–Crippen MR) is 105 cm³/mol. The summed E-state index contributed by atoms with van der Waals surface area (Å²) in [5, 5.41) is 8.14. The van der Waals surface area contributed by atoms with E-state index in [-0.39, 0.29) is 17.5 Å². The van der Waals surface area contributed by atoms with E-state index in [9.17, 15) is 8.42 Å². The molecule has 4 atom stereocenters. The molecule has 146 valence electrons. The molecule has 3 fully saturated rings. The first-order chi connectivity index (χ1) is 12.0. The number of piperidine rings is 1. The molecule has 0 spiro atoms. The molecule has 0 aromatic rings. The lowest BCUT2D eigenvalue weighted by Crippen LogP contribution is -2.61. The topological polar surface area (TPSA) is 67.4 Å². The number of ether oxygens (including phenoxy) is 1. The summed E-state index contributed by atoms with van der Waals surface area (Å²) in [5.74, 6) is 1.89. The van der Waals surface area contributed by atoms with Gasteiger partial charge in [0.1, 0.15) is 9.84 Å². The lowest BCUT2D eigenvalue weighted by atomic mass is 9.80. The van der Waals surface area contributed by atoms with Crippen molar-refractivity contribution < 1.29 is 13.2 Å². The van der Waals surface area contributed by atoms with E-state index >= 15 is 0 Å². The van der Waals surface area contributed by atoms with E-state index in [0.717, 1.165) is 50.3 Å². The van der Waals surface area contributed by atoms with Crippen molar-refractivity contribution in [3.05, 3.63) is 0 Å². The van der Waals surface area contributed by atoms with Crippen molar-refractivity contribution in [2.24, 2.45) is 5.92 Å². The molecule has 5 nitrogen and oxygen atoms in total. The van der Waals surface area contributed by atoms with Crippen LogP contribution in [-0.2, 0) is 14.6 Å². The molecule has 3 aliphatic rings. The standard InChI is InChI=1S/C18H34N2O3S2/c1-23-17-10-9-16(13-5-7-15(8-6-13)25(2,21)22)20-18(17)19-12-14-4-3-11-24-14/h13-20H,3-12H2,1-2H3. The molecule has 2 aliphatic heterocycles. The highest BCUT2D eigenvalue weighted by molar-refractivity contribution is 8.00. The summed E-state index contributed by atoms with van der Waals surface area (Å²) < 4.78 is 29.2. The third kappa shape index (κ3) is 5.34. The van der Waals surface area contributed by atoms with Crippen molar-refractivity contribution in [3.63, 3.8) is 0 Å². The van der Waals surface area contributed by atoms with E-state index in [2.05, 4.69) is 22.4 Å². The molecule has 0 aromatic carbocycles. The quantitative estimate of drug-likeness (QED) is 0.724. The fraction of sp³-hybridized carbons (Fsp3) is 1.00. The van der Waals surface area contributed by atoms with Crippen LogP contribution in [0, 0.1) is 5.92 Å². The Morgan fingerprint density at radius 3 is 2.48 bits per heavy atom. The Balaban J connectivity index is 1.51. The molecule has 3 rings (SSSR count). The van der Waals surface area contributed by atoms with E-state index in [1.165, 1.54) is 24.9 Å². The van der Waals surface area contributed by atoms with Gasteiger partial charge >= 0.3 is 0 Å². The van der Waals surface area contributed by atoms with Crippen LogP contribution in [-0.4, -0.2) is 62.9 Å². The highest BCUT2D eigenvalue weighted by Crippen LogP contribution is 2.34. The monoisotopic (exact) mass is 390 g/mol. The minimum Gasteiger partial charge on any atom is -0.378 e. The van der Waals surface area contributed by atoms with Crippen molar-refractivity contribution in [2.75, 3.05) is 25.7 Å². The highest BCUT2D eigenvalue weighted by Gasteiger charge is 2.37. The minimum absolute atomic E-state index is 0.118. The average Bonchev–Trinajstić information content (AvgIpc) is 3.12. The van der Waals surface area contributed by atoms with Gasteiger partial charge in [0.15, 0.2) is 0 Å². The number of hydrogen-bond acceptors (Lipinski definition) is 6. The first-order valence-corrected chi connectivity index (χ1v) is 12.8. The Morgan fingerprint density at radius 2 is 1.88 bits per heavy atom. The SMILES string of the molecule is COC1CCC(C2CCC(S(C)(=O)=O)CC2)NC1NCC1CCCS1. The van der Waals surface area contributed by atoms with E-state index < -0.39 is 9.84 Å². The van der Waals surface area contributed by atoms with Crippen LogP contribution in [0.15, 0.2) is 0 Å². The number of methoxy groups -OCH3 is 1. The maximum atomic E-state index is 11.8. The first kappa shape index (κ1) is 19.9. The van der Waals surface area contributed by atoms with Gasteiger partial charge in [-0.25, -0.2) is 8.42 Å². The van der Waals surface area contributed by atoms with Gasteiger partial charge in [-0.15, -0.1) is 0 Å². The summed E-state index contributed by atoms with van der Waals surface area (Å²) in [5.41, 5.74) is 0. The Morgan fingerprint density at radius 1 is 1.12 bits per heavy atom. The van der Waals surface area contributed by atoms with E-state index in [4.69, 9.17) is 4.74 Å². The molecule has 1 aliphatic carbocycles. The molecule has 7 heteroatoms. The summed E-state index contributed by atoms with van der Waals surface area (Å²) in [6, 6.07) is 0.487. The zero-order chi connectivity index (χ0) is 17.9. The largest absolute Gasteiger partial charge is 0.378 e. The fourth-order valence-corrected chi connectivity index (χ4v) is 7.07. The summed E-state index contributed by atoms with van der Waals surface area (Å²) in [6.45, 7) is 1.05. The number of nitrogens with one attached hydrogen (secondary N) is 2. The van der Waals surface area contributed by atoms with E-state index in [0.29, 0.717) is 12.0 Å². The van der Waals surface area contributed by atoms with Gasteiger partial charge in [0.2, 0.25) is 0 Å². The van der Waals surface area contributed by atoms with Gasteiger partial charge in [0.25, 0.3) is 0 Å². The molecular formula is C18H34N2O3S2. The summed E-state index contributed by atoms with van der Waals surface area (Å²) in [4.78, 5) is 0. The molecule has 2 heterocycles. The Hall–Kier alpha value is 0.180. The molecule has 2 saturated heterocycles. The third-order valence-corrected chi connectivity index (χ3v) is 9.39. The van der Waals surface area contributed by atoms with Crippen LogP contribution < -0.4 is 10.6 Å². The summed E-state index contributed by atoms with van der Waals surface area (Å²) in [7, 11) is -1.07. The number of sulfone groups is 1. The van der Waals surface area contributed by atoms with Crippen LogP contribution in [0.5, 0.6) is 0 Å². The summed E-state index contributed by atoms with van der Waals surface area (Å²) >= 11 is 2.08. The fourth-order valence-electron chi connectivity index (χ4n) is 4.73. The molecule has 0 radical (unpaired) electrons. The second kappa shape index (κ2) is 8.91. The zero-order valence-electron chi connectivity index (χ0n) is 15.6. The number of hydrogen-bond donors (Lipinski definition) is 2. The number of rotatable bonds is 6. The van der Waals surface area contributed by atoms with Crippen LogP contribution in [0.25, 0.3) is 0 Å². The van der Waals surface area contributed by atoms with E-state index in [1.54, 1.807) is 0 Å². The van der Waals surface area contributed by atoms with Gasteiger partial charge in [-0.05, 0) is 63.0 Å². The molecule has 0 bridgehead atoms. The lowest BCUT2D eigenvalue weighted by molar-refractivity contribution is 0.0117. The smallest absolute Gasteiger partial charge is 0.150 e. The Labute approximate surface area is 157 Å². The molecule has 25 heavy (non-hydrogen) atoms. The predicted octanol–water partition coefficient (Wildman–Crippen LogP) is 2.17. The zero-order valence-corrected chi connectivity index (χ0v) is 17.2. The van der Waals surface area contributed by atoms with Crippen molar-refractivity contribution in [1.29, 1.82) is 0 Å². The van der Waals surface area contributed by atoms with Gasteiger partial charge in [0, 0.05) is 31.2 Å². The highest BCUT2D eigenvalue weighted by atomic mass is 32.2. The van der Waals surface area contributed by atoms with Crippen LogP contribution in [0.4, 0.5) is 0 Å². The van der Waals surface area contributed by atoms with Gasteiger partial charge in [-0.3, -0.25) is 10.6 Å². The molecule has 1 saturated carbocycles. The molecule has 0 amide bonds. The van der Waals surface area contributed by atoms with Crippen LogP contribution in [0.3, 0.4) is 0 Å².